The van der Waals surface area contributed by atoms with Crippen molar-refractivity contribution in [1.29, 1.82) is 0 Å². The molecule has 0 saturated heterocycles. The van der Waals surface area contributed by atoms with E-state index >= 15 is 0 Å². The highest BCUT2D eigenvalue weighted by Gasteiger charge is 2.19. The van der Waals surface area contributed by atoms with E-state index in [9.17, 15) is 14.7 Å². The van der Waals surface area contributed by atoms with E-state index in [1.807, 2.05) is 17.5 Å². The molecule has 0 aliphatic rings. The highest BCUT2D eigenvalue weighted by atomic mass is 32.1. The summed E-state index contributed by atoms with van der Waals surface area (Å²) >= 11 is 1.43. The molecule has 0 bridgehead atoms. The van der Waals surface area contributed by atoms with E-state index in [0.717, 1.165) is 4.88 Å². The first-order chi connectivity index (χ1) is 9.58. The Morgan fingerprint density at radius 3 is 2.60 bits per heavy atom. The summed E-state index contributed by atoms with van der Waals surface area (Å²) in [5.74, 6) is -1.81. The molecule has 0 radical (unpaired) electrons. The van der Waals surface area contributed by atoms with Gasteiger partial charge in [-0.25, -0.2) is 14.6 Å². The van der Waals surface area contributed by atoms with Gasteiger partial charge in [0.15, 0.2) is 11.5 Å². The number of thiophene rings is 1. The van der Waals surface area contributed by atoms with Crippen molar-refractivity contribution in [2.45, 2.75) is 0 Å². The van der Waals surface area contributed by atoms with Crippen LogP contribution in [0.15, 0.2) is 35.8 Å². The van der Waals surface area contributed by atoms with E-state index < -0.39 is 11.9 Å². The molecule has 2 N–H and O–H groups in total. The minimum Gasteiger partial charge on any atom is -0.478 e. The number of carboxylic acids is 2. The SMILES string of the molecule is O=C(O)c1ccn2c(-c3cccs3)nc(C(=O)O)c2c1. The molecule has 0 aliphatic carbocycles. The Morgan fingerprint density at radius 2 is 2.00 bits per heavy atom. The van der Waals surface area contributed by atoms with Gasteiger partial charge in [0, 0.05) is 6.20 Å². The molecule has 6 nitrogen and oxygen atoms in total. The van der Waals surface area contributed by atoms with E-state index in [1.54, 1.807) is 4.40 Å². The summed E-state index contributed by atoms with van der Waals surface area (Å²) in [4.78, 5) is 27.2. The molecule has 0 aromatic carbocycles. The van der Waals surface area contributed by atoms with Crippen LogP contribution in [-0.2, 0) is 0 Å². The van der Waals surface area contributed by atoms with Crippen LogP contribution in [0.3, 0.4) is 0 Å². The monoisotopic (exact) mass is 288 g/mol. The summed E-state index contributed by atoms with van der Waals surface area (Å²) in [6.07, 6.45) is 1.52. The largest absolute Gasteiger partial charge is 0.478 e. The number of imidazole rings is 1. The fraction of sp³-hybridized carbons (Fsp3) is 0. The number of nitrogens with zero attached hydrogens (tertiary/aromatic N) is 2. The van der Waals surface area contributed by atoms with Gasteiger partial charge in [-0.15, -0.1) is 11.3 Å². The Hall–Kier alpha value is -2.67. The van der Waals surface area contributed by atoms with Crippen LogP contribution in [0.4, 0.5) is 0 Å². The van der Waals surface area contributed by atoms with Gasteiger partial charge in [0.1, 0.15) is 0 Å². The molecular formula is C13H8N2O4S. The molecule has 3 rings (SSSR count). The third kappa shape index (κ3) is 1.84. The van der Waals surface area contributed by atoms with Crippen LogP contribution in [0.1, 0.15) is 20.8 Å². The predicted octanol–water partition coefficient (Wildman–Crippen LogP) is 2.46. The Morgan fingerprint density at radius 1 is 1.20 bits per heavy atom. The molecular weight excluding hydrogens is 280 g/mol. The average Bonchev–Trinajstić information content (AvgIpc) is 3.04. The number of carbonyl (C=O) groups is 2. The minimum absolute atomic E-state index is 0.0256. The van der Waals surface area contributed by atoms with Gasteiger partial charge in [-0.2, -0.15) is 0 Å². The highest BCUT2D eigenvalue weighted by Crippen LogP contribution is 2.27. The van der Waals surface area contributed by atoms with Crippen molar-refractivity contribution in [2.75, 3.05) is 0 Å². The number of hydrogen-bond donors (Lipinski definition) is 2. The van der Waals surface area contributed by atoms with Gasteiger partial charge >= 0.3 is 11.9 Å². The maximum atomic E-state index is 11.3. The lowest BCUT2D eigenvalue weighted by molar-refractivity contribution is 0.0682. The summed E-state index contributed by atoms with van der Waals surface area (Å²) in [6.45, 7) is 0. The number of hydrogen-bond acceptors (Lipinski definition) is 4. The summed E-state index contributed by atoms with van der Waals surface area (Å²) in [5, 5.41) is 20.1. The van der Waals surface area contributed by atoms with E-state index in [2.05, 4.69) is 4.98 Å². The Kier molecular flexibility index (Phi) is 2.76. The smallest absolute Gasteiger partial charge is 0.356 e. The number of carboxylic acid groups (broad SMARTS) is 2. The van der Waals surface area contributed by atoms with E-state index in [0.29, 0.717) is 5.82 Å². The van der Waals surface area contributed by atoms with Crippen LogP contribution in [0.25, 0.3) is 16.2 Å². The Balaban J connectivity index is 2.34. The number of aromatic nitrogens is 2. The van der Waals surface area contributed by atoms with Crippen LogP contribution in [-0.4, -0.2) is 31.5 Å². The number of pyridine rings is 1. The molecule has 0 aliphatic heterocycles. The molecule has 100 valence electrons. The molecule has 0 atom stereocenters. The maximum Gasteiger partial charge on any atom is 0.356 e. The number of rotatable bonds is 3. The van der Waals surface area contributed by atoms with Gasteiger partial charge in [0.25, 0.3) is 0 Å². The van der Waals surface area contributed by atoms with E-state index in [1.165, 1.54) is 29.7 Å². The van der Waals surface area contributed by atoms with Crippen molar-refractivity contribution in [3.05, 3.63) is 47.1 Å². The molecule has 20 heavy (non-hydrogen) atoms. The first-order valence-corrected chi connectivity index (χ1v) is 6.48. The zero-order valence-electron chi connectivity index (χ0n) is 9.98. The fourth-order valence-corrected chi connectivity index (χ4v) is 2.66. The van der Waals surface area contributed by atoms with Crippen molar-refractivity contribution in [3.8, 4) is 10.7 Å². The lowest BCUT2D eigenvalue weighted by Gasteiger charge is -2.00. The number of aromatic carboxylic acids is 2. The summed E-state index contributed by atoms with van der Waals surface area (Å²) in [5.41, 5.74) is 0.134. The lowest BCUT2D eigenvalue weighted by Crippen LogP contribution is -2.00. The van der Waals surface area contributed by atoms with Gasteiger partial charge in [-0.05, 0) is 23.6 Å². The second-order valence-electron chi connectivity index (χ2n) is 4.04. The van der Waals surface area contributed by atoms with Gasteiger partial charge in [-0.1, -0.05) is 6.07 Å². The van der Waals surface area contributed by atoms with Gasteiger partial charge < -0.3 is 10.2 Å². The first kappa shape index (κ1) is 12.4. The summed E-state index contributed by atoms with van der Waals surface area (Å²) in [6, 6.07) is 6.40. The minimum atomic E-state index is -1.19. The van der Waals surface area contributed by atoms with Gasteiger partial charge in [-0.3, -0.25) is 4.40 Å². The Labute approximate surface area is 116 Å². The molecule has 0 fully saturated rings. The topological polar surface area (TPSA) is 91.9 Å². The number of fused-ring (bicyclic) bond motifs is 1. The standard InChI is InChI=1S/C13H8N2O4S/c16-12(17)7-3-4-15-8(6-7)10(13(18)19)14-11(15)9-2-1-5-20-9/h1-6H,(H,16,17)(H,18,19). The third-order valence-corrected chi connectivity index (χ3v) is 3.70. The molecule has 3 aromatic rings. The average molecular weight is 288 g/mol. The van der Waals surface area contributed by atoms with E-state index in [4.69, 9.17) is 5.11 Å². The second-order valence-corrected chi connectivity index (χ2v) is 4.99. The quantitative estimate of drug-likeness (QED) is 0.772. The molecule has 0 unspecified atom stereocenters. The normalized spacial score (nSPS) is 10.8. The Bertz CT molecular complexity index is 820. The lowest BCUT2D eigenvalue weighted by atomic mass is 10.2. The van der Waals surface area contributed by atoms with Gasteiger partial charge in [0.05, 0.1) is 16.0 Å². The van der Waals surface area contributed by atoms with Crippen molar-refractivity contribution in [2.24, 2.45) is 0 Å². The van der Waals surface area contributed by atoms with E-state index in [-0.39, 0.29) is 16.8 Å². The first-order valence-electron chi connectivity index (χ1n) is 5.60. The summed E-state index contributed by atoms with van der Waals surface area (Å²) in [7, 11) is 0. The zero-order valence-corrected chi connectivity index (χ0v) is 10.8. The summed E-state index contributed by atoms with van der Waals surface area (Å²) < 4.78 is 1.59. The molecule has 0 spiro atoms. The predicted molar refractivity (Wildman–Crippen MR) is 72.4 cm³/mol. The van der Waals surface area contributed by atoms with Crippen LogP contribution in [0.2, 0.25) is 0 Å². The van der Waals surface area contributed by atoms with Gasteiger partial charge in [0.2, 0.25) is 0 Å². The van der Waals surface area contributed by atoms with Crippen molar-refractivity contribution in [1.82, 2.24) is 9.38 Å². The van der Waals surface area contributed by atoms with Crippen LogP contribution < -0.4 is 0 Å². The molecule has 7 heteroatoms. The molecule has 3 heterocycles. The molecule has 0 amide bonds. The van der Waals surface area contributed by atoms with Crippen LogP contribution >= 0.6 is 11.3 Å². The van der Waals surface area contributed by atoms with Crippen LogP contribution in [0, 0.1) is 0 Å². The van der Waals surface area contributed by atoms with Crippen molar-refractivity contribution in [3.63, 3.8) is 0 Å². The fourth-order valence-electron chi connectivity index (χ4n) is 1.95. The molecule has 0 saturated carbocycles. The highest BCUT2D eigenvalue weighted by molar-refractivity contribution is 7.13. The van der Waals surface area contributed by atoms with Crippen molar-refractivity contribution >= 4 is 28.8 Å². The zero-order chi connectivity index (χ0) is 14.3. The third-order valence-electron chi connectivity index (χ3n) is 2.83. The van der Waals surface area contributed by atoms with Crippen molar-refractivity contribution < 1.29 is 19.8 Å². The molecule has 3 aromatic heterocycles. The van der Waals surface area contributed by atoms with Crippen LogP contribution in [0.5, 0.6) is 0 Å². The second kappa shape index (κ2) is 4.46. The maximum absolute atomic E-state index is 11.3.